The molecular formula is C13H10ClFIN3O. The summed E-state index contributed by atoms with van der Waals surface area (Å²) in [5.41, 5.74) is 11.6. The second-order valence-corrected chi connectivity index (χ2v) is 5.63. The van der Waals surface area contributed by atoms with Crippen LogP contribution < -0.4 is 16.8 Å². The first kappa shape index (κ1) is 14.9. The molecule has 0 saturated heterocycles. The quantitative estimate of drug-likeness (QED) is 0.540. The van der Waals surface area contributed by atoms with Gasteiger partial charge in [0.25, 0.3) is 5.91 Å². The standard InChI is InChI=1S/C13H10ClFIN3O/c14-6-1-2-11(9(16)3-6)19-12-4-7(13(18)20)10(17)5-8(12)15/h1-5,19H,17H2,(H2,18,20). The average Bonchev–Trinajstić information content (AvgIpc) is 2.35. The number of hydrogen-bond donors (Lipinski definition) is 3. The SMILES string of the molecule is NC(=O)c1cc(Nc2ccc(Cl)cc2I)c(F)cc1N. The number of hydrogen-bond acceptors (Lipinski definition) is 3. The number of anilines is 3. The molecule has 2 aromatic carbocycles. The molecule has 0 aliphatic carbocycles. The largest absolute Gasteiger partial charge is 0.398 e. The molecule has 0 heterocycles. The van der Waals surface area contributed by atoms with Gasteiger partial charge in [0.05, 0.1) is 16.9 Å². The molecule has 0 aromatic heterocycles. The minimum absolute atomic E-state index is 0.00588. The van der Waals surface area contributed by atoms with E-state index in [0.29, 0.717) is 10.7 Å². The van der Waals surface area contributed by atoms with E-state index in [1.807, 2.05) is 0 Å². The number of nitrogen functional groups attached to an aromatic ring is 1. The van der Waals surface area contributed by atoms with Crippen molar-refractivity contribution in [2.75, 3.05) is 11.1 Å². The van der Waals surface area contributed by atoms with Gasteiger partial charge in [-0.1, -0.05) is 11.6 Å². The first-order valence-electron chi connectivity index (χ1n) is 5.49. The average molecular weight is 406 g/mol. The fraction of sp³-hybridized carbons (Fsp3) is 0. The predicted octanol–water partition coefficient (Wildman–Crippen LogP) is 3.51. The number of rotatable bonds is 3. The van der Waals surface area contributed by atoms with Crippen LogP contribution in [0.4, 0.5) is 21.5 Å². The number of nitrogens with two attached hydrogens (primary N) is 2. The molecule has 0 radical (unpaired) electrons. The molecule has 2 rings (SSSR count). The summed E-state index contributed by atoms with van der Waals surface area (Å²) >= 11 is 7.92. The highest BCUT2D eigenvalue weighted by atomic mass is 127. The maximum Gasteiger partial charge on any atom is 0.250 e. The van der Waals surface area contributed by atoms with Gasteiger partial charge in [-0.2, -0.15) is 0 Å². The van der Waals surface area contributed by atoms with E-state index in [1.165, 1.54) is 6.07 Å². The van der Waals surface area contributed by atoms with E-state index in [9.17, 15) is 9.18 Å². The molecule has 0 spiro atoms. The Bertz CT molecular complexity index is 694. The minimum Gasteiger partial charge on any atom is -0.398 e. The van der Waals surface area contributed by atoms with E-state index in [0.717, 1.165) is 9.64 Å². The maximum atomic E-state index is 13.9. The zero-order chi connectivity index (χ0) is 14.9. The van der Waals surface area contributed by atoms with Gasteiger partial charge in [0.1, 0.15) is 5.82 Å². The first-order valence-corrected chi connectivity index (χ1v) is 6.95. The fourth-order valence-corrected chi connectivity index (χ4v) is 2.64. The van der Waals surface area contributed by atoms with Gasteiger partial charge in [-0.25, -0.2) is 4.39 Å². The van der Waals surface area contributed by atoms with Gasteiger partial charge < -0.3 is 16.8 Å². The van der Waals surface area contributed by atoms with Crippen molar-refractivity contribution in [3.63, 3.8) is 0 Å². The van der Waals surface area contributed by atoms with Gasteiger partial charge >= 0.3 is 0 Å². The molecule has 0 saturated carbocycles. The Morgan fingerprint density at radius 2 is 1.95 bits per heavy atom. The Labute approximate surface area is 133 Å². The highest BCUT2D eigenvalue weighted by Crippen LogP contribution is 2.29. The third-order valence-corrected chi connectivity index (χ3v) is 3.73. The van der Waals surface area contributed by atoms with Crippen LogP contribution in [0.1, 0.15) is 10.4 Å². The summed E-state index contributed by atoms with van der Waals surface area (Å²) in [5, 5.41) is 3.46. The van der Waals surface area contributed by atoms with Crippen molar-refractivity contribution in [2.24, 2.45) is 5.73 Å². The molecule has 20 heavy (non-hydrogen) atoms. The Kier molecular flexibility index (Phi) is 4.34. The van der Waals surface area contributed by atoms with Gasteiger partial charge in [-0.05, 0) is 52.9 Å². The Morgan fingerprint density at radius 3 is 2.55 bits per heavy atom. The van der Waals surface area contributed by atoms with Gasteiger partial charge in [0, 0.05) is 14.3 Å². The number of primary amides is 1. The zero-order valence-corrected chi connectivity index (χ0v) is 13.0. The summed E-state index contributed by atoms with van der Waals surface area (Å²) in [7, 11) is 0. The molecule has 0 fully saturated rings. The number of benzene rings is 2. The highest BCUT2D eigenvalue weighted by Gasteiger charge is 2.13. The van der Waals surface area contributed by atoms with Crippen LogP contribution in [-0.4, -0.2) is 5.91 Å². The van der Waals surface area contributed by atoms with E-state index in [1.54, 1.807) is 18.2 Å². The fourth-order valence-electron chi connectivity index (χ4n) is 1.63. The first-order chi connectivity index (χ1) is 9.38. The third-order valence-electron chi connectivity index (χ3n) is 2.61. The number of carbonyl (C=O) groups excluding carboxylic acids is 1. The predicted molar refractivity (Wildman–Crippen MR) is 86.8 cm³/mol. The molecule has 4 nitrogen and oxygen atoms in total. The van der Waals surface area contributed by atoms with Gasteiger partial charge in [0.2, 0.25) is 0 Å². The van der Waals surface area contributed by atoms with Gasteiger partial charge in [0.15, 0.2) is 0 Å². The van der Waals surface area contributed by atoms with E-state index in [-0.39, 0.29) is 16.9 Å². The van der Waals surface area contributed by atoms with E-state index >= 15 is 0 Å². The Morgan fingerprint density at radius 1 is 1.25 bits per heavy atom. The molecule has 2 aromatic rings. The minimum atomic E-state index is -0.712. The van der Waals surface area contributed by atoms with Crippen LogP contribution in [-0.2, 0) is 0 Å². The topological polar surface area (TPSA) is 81.1 Å². The maximum absolute atomic E-state index is 13.9. The molecule has 0 aliphatic heterocycles. The van der Waals surface area contributed by atoms with Crippen LogP contribution in [0.5, 0.6) is 0 Å². The Balaban J connectivity index is 2.43. The normalized spacial score (nSPS) is 10.3. The molecule has 0 unspecified atom stereocenters. The van der Waals surface area contributed by atoms with Crippen molar-refractivity contribution < 1.29 is 9.18 Å². The lowest BCUT2D eigenvalue weighted by Crippen LogP contribution is -2.14. The van der Waals surface area contributed by atoms with Crippen LogP contribution in [0, 0.1) is 9.39 Å². The molecule has 0 bridgehead atoms. The van der Waals surface area contributed by atoms with E-state index < -0.39 is 11.7 Å². The molecule has 1 amide bonds. The van der Waals surface area contributed by atoms with Crippen molar-refractivity contribution in [3.05, 3.63) is 50.3 Å². The number of amides is 1. The van der Waals surface area contributed by atoms with Gasteiger partial charge in [-0.3, -0.25) is 4.79 Å². The highest BCUT2D eigenvalue weighted by molar-refractivity contribution is 14.1. The number of carbonyl (C=O) groups is 1. The number of halogens is 3. The summed E-state index contributed by atoms with van der Waals surface area (Å²) in [6.45, 7) is 0. The molecular weight excluding hydrogens is 396 g/mol. The summed E-state index contributed by atoms with van der Waals surface area (Å²) in [6, 6.07) is 7.47. The Hall–Kier alpha value is -1.54. The summed E-state index contributed by atoms with van der Waals surface area (Å²) in [6.07, 6.45) is 0. The summed E-state index contributed by atoms with van der Waals surface area (Å²) in [5.74, 6) is -1.28. The van der Waals surface area contributed by atoms with Crippen LogP contribution in [0.25, 0.3) is 0 Å². The van der Waals surface area contributed by atoms with Crippen molar-refractivity contribution in [1.29, 1.82) is 0 Å². The smallest absolute Gasteiger partial charge is 0.250 e. The lowest BCUT2D eigenvalue weighted by molar-refractivity contribution is 0.100. The van der Waals surface area contributed by atoms with E-state index in [2.05, 4.69) is 27.9 Å². The summed E-state index contributed by atoms with van der Waals surface area (Å²) < 4.78 is 14.7. The molecule has 104 valence electrons. The lowest BCUT2D eigenvalue weighted by atomic mass is 10.1. The monoisotopic (exact) mass is 405 g/mol. The molecule has 7 heteroatoms. The van der Waals surface area contributed by atoms with Gasteiger partial charge in [-0.15, -0.1) is 0 Å². The van der Waals surface area contributed by atoms with Crippen LogP contribution in [0.15, 0.2) is 30.3 Å². The zero-order valence-electron chi connectivity index (χ0n) is 10.1. The van der Waals surface area contributed by atoms with Crippen LogP contribution in [0.2, 0.25) is 5.02 Å². The summed E-state index contributed by atoms with van der Waals surface area (Å²) in [4.78, 5) is 11.2. The molecule has 0 aliphatic rings. The van der Waals surface area contributed by atoms with E-state index in [4.69, 9.17) is 23.1 Å². The molecule has 0 atom stereocenters. The lowest BCUT2D eigenvalue weighted by Gasteiger charge is -2.12. The van der Waals surface area contributed by atoms with Crippen molar-refractivity contribution in [3.8, 4) is 0 Å². The molecule has 5 N–H and O–H groups in total. The second kappa shape index (κ2) is 5.84. The van der Waals surface area contributed by atoms with Crippen molar-refractivity contribution in [2.45, 2.75) is 0 Å². The van der Waals surface area contributed by atoms with Crippen molar-refractivity contribution >= 4 is 57.2 Å². The second-order valence-electron chi connectivity index (χ2n) is 4.03. The van der Waals surface area contributed by atoms with Crippen LogP contribution in [0.3, 0.4) is 0 Å². The van der Waals surface area contributed by atoms with Crippen LogP contribution >= 0.6 is 34.2 Å². The number of nitrogens with one attached hydrogen (secondary N) is 1. The third kappa shape index (κ3) is 3.13. The van der Waals surface area contributed by atoms with Crippen molar-refractivity contribution in [1.82, 2.24) is 0 Å².